The Hall–Kier alpha value is -3.00. The maximum atomic E-state index is 12.5. The van der Waals surface area contributed by atoms with Crippen molar-refractivity contribution in [2.24, 2.45) is 7.05 Å². The van der Waals surface area contributed by atoms with Gasteiger partial charge < -0.3 is 5.32 Å². The Morgan fingerprint density at radius 3 is 2.32 bits per heavy atom. The quantitative estimate of drug-likeness (QED) is 0.450. The number of para-hydroxylation sites is 2. The van der Waals surface area contributed by atoms with Gasteiger partial charge in [-0.1, -0.05) is 48.2 Å². The fourth-order valence-corrected chi connectivity index (χ4v) is 3.27. The van der Waals surface area contributed by atoms with Crippen LogP contribution in [0.2, 0.25) is 0 Å². The number of rotatable bonds is 4. The van der Waals surface area contributed by atoms with Gasteiger partial charge in [-0.2, -0.15) is 0 Å². The number of tetrazole rings is 1. The molecule has 25 heavy (non-hydrogen) atoms. The van der Waals surface area contributed by atoms with Gasteiger partial charge in [-0.15, -0.1) is 5.10 Å². The zero-order valence-corrected chi connectivity index (χ0v) is 14.2. The molecule has 0 spiro atoms. The Bertz CT molecular complexity index is 1020. The molecule has 0 fully saturated rings. The minimum Gasteiger partial charge on any atom is -0.324 e. The summed E-state index contributed by atoms with van der Waals surface area (Å²) in [5, 5.41) is 16.7. The summed E-state index contributed by atoms with van der Waals surface area (Å²) in [4.78, 5) is 17.1. The van der Waals surface area contributed by atoms with Crippen LogP contribution in [0.25, 0.3) is 21.8 Å². The lowest BCUT2D eigenvalue weighted by molar-refractivity contribution is -0.113. The van der Waals surface area contributed by atoms with Gasteiger partial charge in [0, 0.05) is 17.8 Å². The highest BCUT2D eigenvalue weighted by molar-refractivity contribution is 7.99. The summed E-state index contributed by atoms with van der Waals surface area (Å²) in [7, 11) is 1.74. The molecule has 124 valence electrons. The van der Waals surface area contributed by atoms with Gasteiger partial charge in [-0.25, -0.2) is 9.67 Å². The van der Waals surface area contributed by atoms with E-state index in [4.69, 9.17) is 0 Å². The minimum atomic E-state index is -0.116. The van der Waals surface area contributed by atoms with Gasteiger partial charge in [0.05, 0.1) is 22.5 Å². The van der Waals surface area contributed by atoms with Gasteiger partial charge in [-0.05, 0) is 22.6 Å². The largest absolute Gasteiger partial charge is 0.324 e. The molecule has 2 aromatic heterocycles. The minimum absolute atomic E-state index is 0.116. The third-order valence-electron chi connectivity index (χ3n) is 3.77. The molecule has 1 N–H and O–H groups in total. The molecule has 2 aromatic carbocycles. The average Bonchev–Trinajstić information content (AvgIpc) is 3.05. The van der Waals surface area contributed by atoms with Crippen molar-refractivity contribution in [3.63, 3.8) is 0 Å². The Morgan fingerprint density at radius 2 is 1.72 bits per heavy atom. The van der Waals surface area contributed by atoms with Crippen LogP contribution in [0.3, 0.4) is 0 Å². The van der Waals surface area contributed by atoms with E-state index in [1.807, 2.05) is 48.5 Å². The Balaban J connectivity index is 1.67. The molecule has 0 saturated carbocycles. The van der Waals surface area contributed by atoms with Crippen LogP contribution in [-0.4, -0.2) is 36.9 Å². The molecule has 8 heteroatoms. The summed E-state index contributed by atoms with van der Waals surface area (Å²) in [5.41, 5.74) is 2.48. The molecule has 0 aliphatic heterocycles. The number of benzene rings is 2. The summed E-state index contributed by atoms with van der Waals surface area (Å²) in [5.74, 6) is 0.105. The predicted octanol–water partition coefficient (Wildman–Crippen LogP) is 2.64. The third kappa shape index (κ3) is 3.03. The van der Waals surface area contributed by atoms with E-state index < -0.39 is 0 Å². The first-order valence-electron chi connectivity index (χ1n) is 7.65. The lowest BCUT2D eigenvalue weighted by Crippen LogP contribution is -2.15. The number of aryl methyl sites for hydroxylation is 1. The Labute approximate surface area is 147 Å². The van der Waals surface area contributed by atoms with Crippen molar-refractivity contribution < 1.29 is 4.79 Å². The van der Waals surface area contributed by atoms with Crippen molar-refractivity contribution in [3.8, 4) is 0 Å². The standard InChI is InChI=1S/C17H14N6OS/c1-23-17(20-21-22-23)25-10-15(24)19-16-11-6-2-4-8-13(11)18-14-9-5-3-7-12(14)16/h2-9H,10H2,1H3,(H,18,19,24). The zero-order valence-electron chi connectivity index (χ0n) is 13.4. The van der Waals surface area contributed by atoms with Gasteiger partial charge >= 0.3 is 0 Å². The number of amides is 1. The van der Waals surface area contributed by atoms with Crippen LogP contribution in [-0.2, 0) is 11.8 Å². The van der Waals surface area contributed by atoms with Crippen molar-refractivity contribution in [1.29, 1.82) is 0 Å². The predicted molar refractivity (Wildman–Crippen MR) is 97.4 cm³/mol. The molecular weight excluding hydrogens is 336 g/mol. The molecule has 0 aliphatic rings. The monoisotopic (exact) mass is 350 g/mol. The molecule has 4 rings (SSSR count). The van der Waals surface area contributed by atoms with Crippen molar-refractivity contribution in [1.82, 2.24) is 25.2 Å². The fourth-order valence-electron chi connectivity index (χ4n) is 2.62. The number of carbonyl (C=O) groups is 1. The van der Waals surface area contributed by atoms with Gasteiger partial charge in [-0.3, -0.25) is 4.79 Å². The molecule has 7 nitrogen and oxygen atoms in total. The van der Waals surface area contributed by atoms with Crippen LogP contribution >= 0.6 is 11.8 Å². The average molecular weight is 350 g/mol. The lowest BCUT2D eigenvalue weighted by atomic mass is 10.1. The second kappa shape index (κ2) is 6.48. The van der Waals surface area contributed by atoms with E-state index in [0.717, 1.165) is 27.5 Å². The van der Waals surface area contributed by atoms with Crippen molar-refractivity contribution in [3.05, 3.63) is 48.5 Å². The SMILES string of the molecule is Cn1nnnc1SCC(=O)Nc1c2ccccc2nc2ccccc12. The summed E-state index contributed by atoms with van der Waals surface area (Å²) in [6, 6.07) is 15.6. The van der Waals surface area contributed by atoms with Gasteiger partial charge in [0.15, 0.2) is 0 Å². The molecule has 0 aliphatic carbocycles. The van der Waals surface area contributed by atoms with Crippen LogP contribution in [0.15, 0.2) is 53.7 Å². The normalized spacial score (nSPS) is 11.1. The first-order chi connectivity index (χ1) is 12.2. The van der Waals surface area contributed by atoms with E-state index >= 15 is 0 Å². The second-order valence-electron chi connectivity index (χ2n) is 5.44. The van der Waals surface area contributed by atoms with Crippen LogP contribution < -0.4 is 5.32 Å². The molecule has 2 heterocycles. The van der Waals surface area contributed by atoms with E-state index in [9.17, 15) is 4.79 Å². The molecule has 0 atom stereocenters. The summed E-state index contributed by atoms with van der Waals surface area (Å²) >= 11 is 1.29. The number of hydrogen-bond donors (Lipinski definition) is 1. The van der Waals surface area contributed by atoms with Crippen molar-refractivity contribution >= 4 is 45.2 Å². The highest BCUT2D eigenvalue weighted by Crippen LogP contribution is 2.30. The number of thioether (sulfide) groups is 1. The first-order valence-corrected chi connectivity index (χ1v) is 8.63. The topological polar surface area (TPSA) is 85.6 Å². The van der Waals surface area contributed by atoms with E-state index in [0.29, 0.717) is 5.16 Å². The highest BCUT2D eigenvalue weighted by atomic mass is 32.2. The number of hydrogen-bond acceptors (Lipinski definition) is 6. The van der Waals surface area contributed by atoms with Crippen LogP contribution in [0, 0.1) is 0 Å². The number of nitrogens with one attached hydrogen (secondary N) is 1. The fraction of sp³-hybridized carbons (Fsp3) is 0.118. The maximum absolute atomic E-state index is 12.5. The van der Waals surface area contributed by atoms with Crippen LogP contribution in [0.4, 0.5) is 5.69 Å². The number of aromatic nitrogens is 5. The Kier molecular flexibility index (Phi) is 4.02. The van der Waals surface area contributed by atoms with Crippen molar-refractivity contribution in [2.45, 2.75) is 5.16 Å². The van der Waals surface area contributed by atoms with Gasteiger partial charge in [0.25, 0.3) is 0 Å². The number of nitrogens with zero attached hydrogens (tertiary/aromatic N) is 5. The third-order valence-corrected chi connectivity index (χ3v) is 4.78. The summed E-state index contributed by atoms with van der Waals surface area (Å²) in [6.07, 6.45) is 0. The van der Waals surface area contributed by atoms with E-state index in [-0.39, 0.29) is 11.7 Å². The second-order valence-corrected chi connectivity index (χ2v) is 6.39. The van der Waals surface area contributed by atoms with Gasteiger partial charge in [0.2, 0.25) is 11.1 Å². The van der Waals surface area contributed by atoms with E-state index in [1.54, 1.807) is 7.05 Å². The summed E-state index contributed by atoms with van der Waals surface area (Å²) < 4.78 is 1.54. The molecule has 0 unspecified atom stereocenters. The lowest BCUT2D eigenvalue weighted by Gasteiger charge is -2.12. The number of fused-ring (bicyclic) bond motifs is 2. The van der Waals surface area contributed by atoms with Crippen molar-refractivity contribution in [2.75, 3.05) is 11.1 Å². The molecule has 0 saturated heterocycles. The Morgan fingerprint density at radius 1 is 1.08 bits per heavy atom. The number of anilines is 1. The van der Waals surface area contributed by atoms with Gasteiger partial charge in [0.1, 0.15) is 0 Å². The number of pyridine rings is 1. The highest BCUT2D eigenvalue weighted by Gasteiger charge is 2.13. The molecular formula is C17H14N6OS. The van der Waals surface area contributed by atoms with Crippen LogP contribution in [0.1, 0.15) is 0 Å². The van der Waals surface area contributed by atoms with Crippen LogP contribution in [0.5, 0.6) is 0 Å². The number of carbonyl (C=O) groups excluding carboxylic acids is 1. The molecule has 0 bridgehead atoms. The first kappa shape index (κ1) is 15.5. The molecule has 1 amide bonds. The van der Waals surface area contributed by atoms with E-state index in [2.05, 4.69) is 25.8 Å². The molecule has 4 aromatic rings. The zero-order chi connectivity index (χ0) is 17.2. The van der Waals surface area contributed by atoms with E-state index in [1.165, 1.54) is 16.4 Å². The molecule has 0 radical (unpaired) electrons. The summed E-state index contributed by atoms with van der Waals surface area (Å²) in [6.45, 7) is 0. The maximum Gasteiger partial charge on any atom is 0.234 e. The smallest absolute Gasteiger partial charge is 0.234 e.